The summed E-state index contributed by atoms with van der Waals surface area (Å²) < 4.78 is 8.77. The molecule has 31 heavy (non-hydrogen) atoms. The number of hydrogen-bond acceptors (Lipinski definition) is 5. The number of nitrogens with zero attached hydrogens (tertiary/aromatic N) is 2. The van der Waals surface area contributed by atoms with Crippen LogP contribution < -0.4 is 14.2 Å². The molecule has 1 N–H and O–H groups in total. The molecule has 3 aromatic rings. The van der Waals surface area contributed by atoms with Crippen molar-refractivity contribution in [3.05, 3.63) is 63.6 Å². The number of aromatic nitrogens is 1. The number of thioether (sulfide) groups is 1. The van der Waals surface area contributed by atoms with Crippen molar-refractivity contribution in [2.45, 2.75) is 38.6 Å². The number of ether oxygens (including phenoxy) is 1. The lowest BCUT2D eigenvalue weighted by Crippen LogP contribution is -2.36. The second kappa shape index (κ2) is 9.47. The van der Waals surface area contributed by atoms with Crippen molar-refractivity contribution in [3.8, 4) is 5.75 Å². The smallest absolute Gasteiger partial charge is 0.263 e. The molecule has 0 spiro atoms. The Morgan fingerprint density at radius 2 is 2.06 bits per heavy atom. The lowest BCUT2D eigenvalue weighted by atomic mass is 10.2. The van der Waals surface area contributed by atoms with Crippen LogP contribution in [0.2, 0.25) is 0 Å². The van der Waals surface area contributed by atoms with E-state index in [-0.39, 0.29) is 6.61 Å². The molecule has 2 aromatic carbocycles. The van der Waals surface area contributed by atoms with Crippen LogP contribution in [0.5, 0.6) is 5.75 Å². The maximum Gasteiger partial charge on any atom is 0.263 e. The van der Waals surface area contributed by atoms with Crippen LogP contribution in [-0.4, -0.2) is 25.4 Å². The summed E-state index contributed by atoms with van der Waals surface area (Å²) in [6.45, 7) is 8.20. The third kappa shape index (κ3) is 4.52. The maximum atomic E-state index is 9.64. The van der Waals surface area contributed by atoms with Crippen LogP contribution in [0.3, 0.4) is 0 Å². The van der Waals surface area contributed by atoms with Gasteiger partial charge in [0.2, 0.25) is 5.52 Å². The molecule has 1 aromatic heterocycles. The van der Waals surface area contributed by atoms with Gasteiger partial charge in [-0.05, 0) is 61.7 Å². The molecule has 0 unspecified atom stereocenters. The predicted molar refractivity (Wildman–Crippen MR) is 132 cm³/mol. The Balaban J connectivity index is 1.71. The van der Waals surface area contributed by atoms with E-state index in [1.54, 1.807) is 18.4 Å². The molecule has 1 aliphatic rings. The highest BCUT2D eigenvalue weighted by atomic mass is 32.2. The van der Waals surface area contributed by atoms with Crippen molar-refractivity contribution in [1.82, 2.24) is 0 Å². The standard InChI is InChI=1S/C25H29N2O2S2/c1-5-10-26-20-13-17(2)6-8-22(20)30-24(26)14-18(3)15-25-27(11-12-28)21-16-19(29-4)7-9-23(21)31-25/h6-9,13-16,28H,5,10-12H2,1-4H3/q+1. The Morgan fingerprint density at radius 3 is 2.81 bits per heavy atom. The van der Waals surface area contributed by atoms with Gasteiger partial charge in [-0.2, -0.15) is 4.57 Å². The van der Waals surface area contributed by atoms with E-state index in [9.17, 15) is 5.11 Å². The van der Waals surface area contributed by atoms with Crippen molar-refractivity contribution >= 4 is 45.1 Å². The van der Waals surface area contributed by atoms with Gasteiger partial charge >= 0.3 is 0 Å². The molecule has 2 heterocycles. The van der Waals surface area contributed by atoms with Crippen LogP contribution in [0.25, 0.3) is 16.3 Å². The quantitative estimate of drug-likeness (QED) is 0.461. The van der Waals surface area contributed by atoms with Gasteiger partial charge in [0.1, 0.15) is 17.1 Å². The van der Waals surface area contributed by atoms with Gasteiger partial charge in [0.05, 0.1) is 23.9 Å². The molecule has 4 rings (SSSR count). The largest absolute Gasteiger partial charge is 0.497 e. The zero-order valence-corrected chi connectivity index (χ0v) is 20.1. The van der Waals surface area contributed by atoms with E-state index >= 15 is 0 Å². The monoisotopic (exact) mass is 453 g/mol. The minimum atomic E-state index is 0.101. The minimum absolute atomic E-state index is 0.101. The van der Waals surface area contributed by atoms with Gasteiger partial charge in [-0.3, -0.25) is 0 Å². The van der Waals surface area contributed by atoms with E-state index < -0.39 is 0 Å². The number of hydrogen-bond donors (Lipinski definition) is 1. The van der Waals surface area contributed by atoms with Crippen LogP contribution in [0, 0.1) is 6.92 Å². The molecule has 1 aliphatic heterocycles. The average Bonchev–Trinajstić information content (AvgIpc) is 3.26. The molecule has 162 valence electrons. The predicted octanol–water partition coefficient (Wildman–Crippen LogP) is 5.77. The zero-order valence-electron chi connectivity index (χ0n) is 18.5. The number of allylic oxidation sites excluding steroid dienone is 2. The molecule has 0 fully saturated rings. The number of aliphatic hydroxyl groups excluding tert-OH is 1. The molecule has 6 heteroatoms. The van der Waals surface area contributed by atoms with E-state index in [0.717, 1.165) is 29.2 Å². The summed E-state index contributed by atoms with van der Waals surface area (Å²) in [5.41, 5.74) is 4.89. The first-order valence-electron chi connectivity index (χ1n) is 10.6. The van der Waals surface area contributed by atoms with Crippen LogP contribution in [0.15, 0.2) is 58.0 Å². The Hall–Kier alpha value is -2.28. The van der Waals surface area contributed by atoms with Gasteiger partial charge in [-0.25, -0.2) is 0 Å². The fourth-order valence-electron chi connectivity index (χ4n) is 3.85. The highest BCUT2D eigenvalue weighted by Crippen LogP contribution is 2.46. The summed E-state index contributed by atoms with van der Waals surface area (Å²) in [4.78, 5) is 3.75. The molecular weight excluding hydrogens is 424 g/mol. The van der Waals surface area contributed by atoms with Crippen molar-refractivity contribution in [1.29, 1.82) is 0 Å². The fourth-order valence-corrected chi connectivity index (χ4v) is 6.21. The molecule has 0 radical (unpaired) electrons. The van der Waals surface area contributed by atoms with Crippen LogP contribution in [0.4, 0.5) is 5.69 Å². The number of rotatable bonds is 7. The molecular formula is C25H29N2O2S2+. The van der Waals surface area contributed by atoms with Crippen molar-refractivity contribution in [3.63, 3.8) is 0 Å². The summed E-state index contributed by atoms with van der Waals surface area (Å²) in [6.07, 6.45) is 5.60. The number of benzene rings is 2. The van der Waals surface area contributed by atoms with Gasteiger partial charge in [0.15, 0.2) is 6.54 Å². The normalized spacial score (nSPS) is 15.2. The van der Waals surface area contributed by atoms with Crippen molar-refractivity contribution in [2.24, 2.45) is 0 Å². The van der Waals surface area contributed by atoms with Gasteiger partial charge in [-0.1, -0.05) is 36.1 Å². The molecule has 0 saturated heterocycles. The Morgan fingerprint density at radius 1 is 1.23 bits per heavy atom. The first kappa shape index (κ1) is 21.9. The third-order valence-electron chi connectivity index (χ3n) is 5.30. The SMILES string of the molecule is CCCN1C(=CC(C)=Cc2sc3ccc(OC)cc3[n+]2CCO)Sc2ccc(C)cc21. The highest BCUT2D eigenvalue weighted by Gasteiger charge is 2.25. The van der Waals surface area contributed by atoms with E-state index in [0.29, 0.717) is 6.54 Å². The lowest BCUT2D eigenvalue weighted by molar-refractivity contribution is -0.670. The van der Waals surface area contributed by atoms with Gasteiger partial charge in [0.25, 0.3) is 5.01 Å². The molecule has 4 nitrogen and oxygen atoms in total. The third-order valence-corrected chi connectivity index (χ3v) is 7.52. The Labute approximate surface area is 192 Å². The fraction of sp³-hybridized carbons (Fsp3) is 0.320. The van der Waals surface area contributed by atoms with E-state index in [2.05, 4.69) is 66.7 Å². The van der Waals surface area contributed by atoms with E-state index in [4.69, 9.17) is 4.74 Å². The summed E-state index contributed by atoms with van der Waals surface area (Å²) in [6, 6.07) is 12.8. The summed E-state index contributed by atoms with van der Waals surface area (Å²) in [5.74, 6) is 0.831. The number of fused-ring (bicyclic) bond motifs is 2. The summed E-state index contributed by atoms with van der Waals surface area (Å²) in [7, 11) is 1.68. The number of anilines is 1. The van der Waals surface area contributed by atoms with E-state index in [1.165, 1.54) is 31.4 Å². The van der Waals surface area contributed by atoms with Gasteiger partial charge in [-0.15, -0.1) is 0 Å². The van der Waals surface area contributed by atoms with Crippen LogP contribution in [-0.2, 0) is 6.54 Å². The number of aryl methyl sites for hydroxylation is 1. The Kier molecular flexibility index (Phi) is 6.70. The van der Waals surface area contributed by atoms with E-state index in [1.807, 2.05) is 23.9 Å². The van der Waals surface area contributed by atoms with Crippen LogP contribution >= 0.6 is 23.1 Å². The van der Waals surface area contributed by atoms with Crippen molar-refractivity contribution < 1.29 is 14.4 Å². The van der Waals surface area contributed by atoms with Gasteiger partial charge < -0.3 is 14.7 Å². The molecule has 0 saturated carbocycles. The van der Waals surface area contributed by atoms with Crippen LogP contribution in [0.1, 0.15) is 30.8 Å². The first-order chi connectivity index (χ1) is 15.0. The number of methoxy groups -OCH3 is 1. The second-order valence-electron chi connectivity index (χ2n) is 7.75. The maximum absolute atomic E-state index is 9.64. The Bertz CT molecular complexity index is 1160. The molecule has 0 atom stereocenters. The first-order valence-corrected chi connectivity index (χ1v) is 12.2. The number of thiazole rings is 1. The van der Waals surface area contributed by atoms with Gasteiger partial charge in [0, 0.05) is 17.5 Å². The topological polar surface area (TPSA) is 36.6 Å². The number of aliphatic hydroxyl groups is 1. The lowest BCUT2D eigenvalue weighted by Gasteiger charge is -2.20. The highest BCUT2D eigenvalue weighted by molar-refractivity contribution is 8.03. The summed E-state index contributed by atoms with van der Waals surface area (Å²) in [5, 5.41) is 12.0. The molecule has 0 amide bonds. The minimum Gasteiger partial charge on any atom is -0.497 e. The molecule has 0 bridgehead atoms. The average molecular weight is 454 g/mol. The second-order valence-corrected chi connectivity index (χ2v) is 9.87. The van der Waals surface area contributed by atoms with Crippen molar-refractivity contribution in [2.75, 3.05) is 25.2 Å². The molecule has 0 aliphatic carbocycles. The summed E-state index contributed by atoms with van der Waals surface area (Å²) >= 11 is 3.58. The zero-order chi connectivity index (χ0) is 22.0.